The maximum Gasteiger partial charge on any atom is 0.416 e. The molecule has 0 spiro atoms. The number of carbonyl (C=O) groups is 1. The number of ether oxygens (including phenoxy) is 2. The molecule has 0 radical (unpaired) electrons. The Morgan fingerprint density at radius 2 is 1.68 bits per heavy atom. The smallest absolute Gasteiger partial charge is 0.416 e. The Morgan fingerprint density at radius 3 is 2.24 bits per heavy atom. The fraction of sp³-hybridized carbons (Fsp3) is 0.480. The molecule has 1 aliphatic heterocycles. The monoisotopic (exact) mass is 545 g/mol. The van der Waals surface area contributed by atoms with Crippen LogP contribution in [0.5, 0.6) is 0 Å². The predicted molar refractivity (Wildman–Crippen MR) is 124 cm³/mol. The van der Waals surface area contributed by atoms with Crippen LogP contribution in [-0.4, -0.2) is 36.3 Å². The number of hydrogen-bond acceptors (Lipinski definition) is 3. The van der Waals surface area contributed by atoms with Crippen LogP contribution in [0.25, 0.3) is 0 Å². The molecule has 1 heterocycles. The van der Waals surface area contributed by atoms with Gasteiger partial charge >= 0.3 is 12.3 Å². The molecule has 2 aromatic rings. The lowest BCUT2D eigenvalue weighted by Crippen LogP contribution is -2.48. The van der Waals surface area contributed by atoms with Crippen molar-refractivity contribution in [2.24, 2.45) is 0 Å². The van der Waals surface area contributed by atoms with Gasteiger partial charge in [0, 0.05) is 23.0 Å². The summed E-state index contributed by atoms with van der Waals surface area (Å²) in [7, 11) is 0. The number of amides is 1. The van der Waals surface area contributed by atoms with Crippen molar-refractivity contribution >= 4 is 22.0 Å². The fourth-order valence-electron chi connectivity index (χ4n) is 4.03. The summed E-state index contributed by atoms with van der Waals surface area (Å²) in [6.07, 6.45) is -3.76. The van der Waals surface area contributed by atoms with E-state index in [4.69, 9.17) is 9.47 Å². The zero-order valence-corrected chi connectivity index (χ0v) is 20.9. The van der Waals surface area contributed by atoms with E-state index in [9.17, 15) is 22.4 Å². The molecule has 0 atom stereocenters. The number of carbonyl (C=O) groups excluding carboxylic acids is 1. The van der Waals surface area contributed by atoms with Gasteiger partial charge in [-0.15, -0.1) is 0 Å². The number of benzene rings is 2. The van der Waals surface area contributed by atoms with Gasteiger partial charge in [0.05, 0.1) is 18.8 Å². The number of alkyl halides is 3. The van der Waals surface area contributed by atoms with Crippen LogP contribution in [0.3, 0.4) is 0 Å². The largest absolute Gasteiger partial charge is 0.444 e. The lowest BCUT2D eigenvalue weighted by Gasteiger charge is -2.42. The minimum Gasteiger partial charge on any atom is -0.444 e. The average Bonchev–Trinajstić information content (AvgIpc) is 2.72. The summed E-state index contributed by atoms with van der Waals surface area (Å²) in [6, 6.07) is 9.83. The predicted octanol–water partition coefficient (Wildman–Crippen LogP) is 7.09. The molecule has 1 aliphatic rings. The van der Waals surface area contributed by atoms with Crippen LogP contribution in [0.15, 0.2) is 46.9 Å². The lowest BCUT2D eigenvalue weighted by atomic mass is 9.73. The highest BCUT2D eigenvalue weighted by atomic mass is 79.9. The first kappa shape index (κ1) is 26.5. The second-order valence-electron chi connectivity index (χ2n) is 9.59. The van der Waals surface area contributed by atoms with Crippen molar-refractivity contribution in [1.29, 1.82) is 0 Å². The summed E-state index contributed by atoms with van der Waals surface area (Å²) in [4.78, 5) is 14.1. The highest BCUT2D eigenvalue weighted by Crippen LogP contribution is 2.37. The van der Waals surface area contributed by atoms with Crippen molar-refractivity contribution in [1.82, 2.24) is 4.90 Å². The Labute approximate surface area is 205 Å². The first-order valence-corrected chi connectivity index (χ1v) is 11.8. The summed E-state index contributed by atoms with van der Waals surface area (Å²) in [5, 5.41) is 0. The van der Waals surface area contributed by atoms with E-state index < -0.39 is 28.8 Å². The topological polar surface area (TPSA) is 38.8 Å². The Bertz CT molecular complexity index is 995. The quantitative estimate of drug-likeness (QED) is 0.376. The second-order valence-corrected chi connectivity index (χ2v) is 10.5. The summed E-state index contributed by atoms with van der Waals surface area (Å²) in [6.45, 7) is 6.46. The second kappa shape index (κ2) is 10.2. The molecule has 0 saturated carbocycles. The van der Waals surface area contributed by atoms with E-state index in [1.54, 1.807) is 43.9 Å². The van der Waals surface area contributed by atoms with Crippen LogP contribution in [0.2, 0.25) is 0 Å². The van der Waals surface area contributed by atoms with Gasteiger partial charge < -0.3 is 14.4 Å². The van der Waals surface area contributed by atoms with Crippen LogP contribution >= 0.6 is 15.9 Å². The van der Waals surface area contributed by atoms with Gasteiger partial charge in [-0.3, -0.25) is 0 Å². The first-order valence-electron chi connectivity index (χ1n) is 11.0. The molecule has 0 aliphatic carbocycles. The van der Waals surface area contributed by atoms with Gasteiger partial charge in [-0.25, -0.2) is 9.18 Å². The molecule has 3 rings (SSSR count). The Kier molecular flexibility index (Phi) is 7.97. The Morgan fingerprint density at radius 1 is 1.06 bits per heavy atom. The zero-order chi connectivity index (χ0) is 25.1. The lowest BCUT2D eigenvalue weighted by molar-refractivity contribution is -0.137. The van der Waals surface area contributed by atoms with Crippen LogP contribution in [-0.2, 0) is 27.7 Å². The Hall–Kier alpha value is -2.13. The van der Waals surface area contributed by atoms with E-state index in [0.29, 0.717) is 36.0 Å². The first-order chi connectivity index (χ1) is 15.8. The number of hydrogen-bond donors (Lipinski definition) is 0. The number of nitrogens with zero attached hydrogens (tertiary/aromatic N) is 1. The molecule has 1 amide bonds. The molecular weight excluding hydrogens is 518 g/mol. The highest BCUT2D eigenvalue weighted by Gasteiger charge is 2.39. The normalized spacial score (nSPS) is 16.4. The minimum atomic E-state index is -4.46. The number of rotatable bonds is 5. The van der Waals surface area contributed by atoms with E-state index in [-0.39, 0.29) is 19.0 Å². The molecular formula is C25H28BrF4NO3. The van der Waals surface area contributed by atoms with Gasteiger partial charge in [0.25, 0.3) is 0 Å². The van der Waals surface area contributed by atoms with Gasteiger partial charge in [-0.2, -0.15) is 13.2 Å². The van der Waals surface area contributed by atoms with E-state index in [2.05, 4.69) is 15.9 Å². The Balaban J connectivity index is 1.74. The molecule has 186 valence electrons. The van der Waals surface area contributed by atoms with Crippen LogP contribution < -0.4 is 0 Å². The molecule has 0 aromatic heterocycles. The molecule has 2 aromatic carbocycles. The molecule has 1 fully saturated rings. The maximum atomic E-state index is 13.6. The van der Waals surface area contributed by atoms with E-state index in [1.807, 2.05) is 0 Å². The molecule has 1 saturated heterocycles. The molecule has 9 heteroatoms. The third-order valence-corrected chi connectivity index (χ3v) is 6.22. The van der Waals surface area contributed by atoms with E-state index in [0.717, 1.165) is 17.7 Å². The van der Waals surface area contributed by atoms with Crippen LogP contribution in [0, 0.1) is 5.82 Å². The summed E-state index contributed by atoms with van der Waals surface area (Å²) < 4.78 is 64.7. The summed E-state index contributed by atoms with van der Waals surface area (Å²) in [5.41, 5.74) is -0.611. The van der Waals surface area contributed by atoms with Crippen molar-refractivity contribution in [3.63, 3.8) is 0 Å². The van der Waals surface area contributed by atoms with Crippen molar-refractivity contribution in [3.05, 3.63) is 69.4 Å². The van der Waals surface area contributed by atoms with Gasteiger partial charge in [0.2, 0.25) is 0 Å². The molecule has 0 unspecified atom stereocenters. The molecule has 0 bridgehead atoms. The molecule has 4 nitrogen and oxygen atoms in total. The summed E-state index contributed by atoms with van der Waals surface area (Å²) in [5.74, 6) is -0.361. The maximum absolute atomic E-state index is 13.6. The standard InChI is InChI=1S/C25H28BrF4NO3/c1-23(2,3)34-22(32)31-10-8-24(9-11-31,18-4-6-21(27)7-5-18)16-33-15-17-12-19(25(28,29)30)14-20(26)13-17/h4-7,12-14H,8-11,15-16H2,1-3H3. The molecule has 34 heavy (non-hydrogen) atoms. The average molecular weight is 546 g/mol. The fourth-order valence-corrected chi connectivity index (χ4v) is 4.57. The van der Waals surface area contributed by atoms with Crippen molar-refractivity contribution < 1.29 is 31.8 Å². The van der Waals surface area contributed by atoms with Crippen molar-refractivity contribution in [3.8, 4) is 0 Å². The minimum absolute atomic E-state index is 0.0127. The van der Waals surface area contributed by atoms with Crippen molar-refractivity contribution in [2.45, 2.75) is 57.4 Å². The van der Waals surface area contributed by atoms with Gasteiger partial charge in [-0.1, -0.05) is 28.1 Å². The number of halogens is 5. The highest BCUT2D eigenvalue weighted by molar-refractivity contribution is 9.10. The number of likely N-dealkylation sites (tertiary alicyclic amines) is 1. The third kappa shape index (κ3) is 6.95. The van der Waals surface area contributed by atoms with Crippen LogP contribution in [0.1, 0.15) is 50.3 Å². The molecule has 0 N–H and O–H groups in total. The zero-order valence-electron chi connectivity index (χ0n) is 19.3. The van der Waals surface area contributed by atoms with E-state index >= 15 is 0 Å². The van der Waals surface area contributed by atoms with Crippen LogP contribution in [0.4, 0.5) is 22.4 Å². The van der Waals surface area contributed by atoms with Gasteiger partial charge in [0.15, 0.2) is 0 Å². The third-order valence-electron chi connectivity index (χ3n) is 5.76. The summed E-state index contributed by atoms with van der Waals surface area (Å²) >= 11 is 3.13. The van der Waals surface area contributed by atoms with Gasteiger partial charge in [0.1, 0.15) is 11.4 Å². The van der Waals surface area contributed by atoms with E-state index in [1.165, 1.54) is 12.1 Å². The van der Waals surface area contributed by atoms with Crippen molar-refractivity contribution in [2.75, 3.05) is 19.7 Å². The SMILES string of the molecule is CC(C)(C)OC(=O)N1CCC(COCc2cc(Br)cc(C(F)(F)F)c2)(c2ccc(F)cc2)CC1. The van der Waals surface area contributed by atoms with Gasteiger partial charge in [-0.05, 0) is 75.1 Å². The number of piperidine rings is 1.